The van der Waals surface area contributed by atoms with Crippen molar-refractivity contribution in [2.24, 2.45) is 0 Å². The zero-order valence-corrected chi connectivity index (χ0v) is 18.1. The van der Waals surface area contributed by atoms with Gasteiger partial charge in [-0.1, -0.05) is 6.07 Å². The number of benzene rings is 1. The van der Waals surface area contributed by atoms with E-state index in [9.17, 15) is 4.79 Å². The van der Waals surface area contributed by atoms with Gasteiger partial charge in [-0.3, -0.25) is 9.78 Å². The van der Waals surface area contributed by atoms with Crippen LogP contribution in [0.1, 0.15) is 47.8 Å². The molecule has 2 saturated heterocycles. The van der Waals surface area contributed by atoms with E-state index in [1.165, 1.54) is 19.4 Å². The molecule has 2 atom stereocenters. The molecule has 3 aromatic rings. The van der Waals surface area contributed by atoms with Crippen LogP contribution in [0.3, 0.4) is 0 Å². The van der Waals surface area contributed by atoms with Crippen LogP contribution in [0, 0.1) is 0 Å². The largest absolute Gasteiger partial charge is 0.494 e. The highest BCUT2D eigenvalue weighted by atomic mass is 16.5. The van der Waals surface area contributed by atoms with Gasteiger partial charge < -0.3 is 19.5 Å². The quantitative estimate of drug-likeness (QED) is 0.656. The lowest BCUT2D eigenvalue weighted by molar-refractivity contribution is 0.0786. The number of H-pyrrole nitrogens is 1. The molecule has 0 radical (unpaired) electrons. The summed E-state index contributed by atoms with van der Waals surface area (Å²) in [7, 11) is 2.20. The molecule has 1 aromatic carbocycles. The van der Waals surface area contributed by atoms with Crippen molar-refractivity contribution in [3.63, 3.8) is 0 Å². The van der Waals surface area contributed by atoms with E-state index in [-0.39, 0.29) is 5.91 Å². The third-order valence-corrected chi connectivity index (χ3v) is 6.80. The molecule has 0 bridgehead atoms. The molecule has 6 nitrogen and oxygen atoms in total. The Hall–Kier alpha value is -2.86. The van der Waals surface area contributed by atoms with Crippen molar-refractivity contribution in [2.45, 2.75) is 37.6 Å². The normalized spacial score (nSPS) is 21.8. The van der Waals surface area contributed by atoms with Gasteiger partial charge in [-0.2, -0.15) is 0 Å². The molecule has 2 aliphatic rings. The van der Waals surface area contributed by atoms with Crippen molar-refractivity contribution in [3.8, 4) is 5.75 Å². The highest BCUT2D eigenvalue weighted by molar-refractivity contribution is 5.98. The molecule has 2 aliphatic heterocycles. The van der Waals surface area contributed by atoms with Gasteiger partial charge in [-0.15, -0.1) is 0 Å². The van der Waals surface area contributed by atoms with Gasteiger partial charge in [-0.05, 0) is 75.7 Å². The van der Waals surface area contributed by atoms with Crippen LogP contribution in [-0.4, -0.2) is 65.0 Å². The highest BCUT2D eigenvalue weighted by Crippen LogP contribution is 2.28. The molecular weight excluding hydrogens is 388 g/mol. The van der Waals surface area contributed by atoms with E-state index in [4.69, 9.17) is 4.74 Å². The monoisotopic (exact) mass is 418 g/mol. The maximum absolute atomic E-state index is 13.1. The number of amides is 1. The summed E-state index contributed by atoms with van der Waals surface area (Å²) in [6.07, 6.45) is 6.38. The van der Waals surface area contributed by atoms with Crippen molar-refractivity contribution in [2.75, 3.05) is 33.3 Å². The number of carbonyl (C=O) groups excluding carboxylic acids is 1. The second-order valence-corrected chi connectivity index (χ2v) is 8.84. The number of hydrogen-bond acceptors (Lipinski definition) is 4. The Bertz CT molecular complexity index is 1050. The first-order chi connectivity index (χ1) is 15.2. The molecule has 31 heavy (non-hydrogen) atoms. The number of aromatic nitrogens is 2. The number of nitrogens with zero attached hydrogens (tertiary/aromatic N) is 3. The molecule has 4 heterocycles. The van der Waals surface area contributed by atoms with E-state index in [0.29, 0.717) is 17.7 Å². The van der Waals surface area contributed by atoms with Crippen molar-refractivity contribution < 1.29 is 9.53 Å². The third kappa shape index (κ3) is 4.30. The van der Waals surface area contributed by atoms with E-state index in [1.54, 1.807) is 0 Å². The van der Waals surface area contributed by atoms with Crippen LogP contribution in [-0.2, 0) is 0 Å². The number of pyridine rings is 1. The molecule has 0 aliphatic carbocycles. The van der Waals surface area contributed by atoms with Crippen molar-refractivity contribution in [1.29, 1.82) is 0 Å². The molecule has 5 rings (SSSR count). The maximum atomic E-state index is 13.1. The van der Waals surface area contributed by atoms with Gasteiger partial charge in [0.05, 0.1) is 6.61 Å². The van der Waals surface area contributed by atoms with Gasteiger partial charge in [-0.25, -0.2) is 0 Å². The highest BCUT2D eigenvalue weighted by Gasteiger charge is 2.29. The lowest BCUT2D eigenvalue weighted by Crippen LogP contribution is -2.28. The van der Waals surface area contributed by atoms with Crippen LogP contribution in [0.15, 0.2) is 48.7 Å². The molecule has 2 fully saturated rings. The van der Waals surface area contributed by atoms with Crippen LogP contribution in [0.2, 0.25) is 0 Å². The Morgan fingerprint density at radius 2 is 2.13 bits per heavy atom. The van der Waals surface area contributed by atoms with Crippen molar-refractivity contribution >= 4 is 16.8 Å². The van der Waals surface area contributed by atoms with Crippen molar-refractivity contribution in [3.05, 3.63) is 60.0 Å². The summed E-state index contributed by atoms with van der Waals surface area (Å²) in [4.78, 5) is 25.2. The van der Waals surface area contributed by atoms with E-state index in [2.05, 4.69) is 21.9 Å². The summed E-state index contributed by atoms with van der Waals surface area (Å²) in [5.74, 6) is 1.23. The topological polar surface area (TPSA) is 61.5 Å². The maximum Gasteiger partial charge on any atom is 0.270 e. The first-order valence-corrected chi connectivity index (χ1v) is 11.3. The average Bonchev–Trinajstić information content (AvgIpc) is 3.53. The standard InChI is InChI=1S/C25H30N4O2/c1-28-12-4-5-20(28)10-14-31-21-7-8-23-19(15-21)16-24(27-23)25(30)29-13-9-18(17-29)22-6-2-3-11-26-22/h2-3,6-8,11,15-16,18,20,27H,4-5,9-10,12-14,17H2,1H3. The number of aromatic amines is 1. The first-order valence-electron chi connectivity index (χ1n) is 11.3. The van der Waals surface area contributed by atoms with E-state index in [0.717, 1.165) is 54.9 Å². The van der Waals surface area contributed by atoms with Gasteiger partial charge in [0.15, 0.2) is 0 Å². The smallest absolute Gasteiger partial charge is 0.270 e. The predicted molar refractivity (Wildman–Crippen MR) is 122 cm³/mol. The molecule has 162 valence electrons. The van der Waals surface area contributed by atoms with Gasteiger partial charge >= 0.3 is 0 Å². The fourth-order valence-electron chi connectivity index (χ4n) is 4.95. The van der Waals surface area contributed by atoms with Crippen molar-refractivity contribution in [1.82, 2.24) is 19.8 Å². The fraction of sp³-hybridized carbons (Fsp3) is 0.440. The number of likely N-dealkylation sites (tertiary alicyclic amines) is 2. The number of carbonyl (C=O) groups is 1. The molecule has 1 N–H and O–H groups in total. The van der Waals surface area contributed by atoms with Crippen LogP contribution in [0.25, 0.3) is 10.9 Å². The second kappa shape index (κ2) is 8.71. The molecule has 2 unspecified atom stereocenters. The Morgan fingerprint density at radius 3 is 2.94 bits per heavy atom. The third-order valence-electron chi connectivity index (χ3n) is 6.80. The first kappa shape index (κ1) is 20.1. The minimum atomic E-state index is 0.0568. The summed E-state index contributed by atoms with van der Waals surface area (Å²) >= 11 is 0. The Kier molecular flexibility index (Phi) is 5.64. The Balaban J connectivity index is 1.22. The fourth-order valence-corrected chi connectivity index (χ4v) is 4.95. The molecule has 0 saturated carbocycles. The lowest BCUT2D eigenvalue weighted by atomic mass is 10.0. The molecule has 6 heteroatoms. The van der Waals surface area contributed by atoms with E-state index in [1.807, 2.05) is 53.6 Å². The van der Waals surface area contributed by atoms with Crippen LogP contribution >= 0.6 is 0 Å². The van der Waals surface area contributed by atoms with Gasteiger partial charge in [0.2, 0.25) is 0 Å². The van der Waals surface area contributed by atoms with Crippen LogP contribution in [0.5, 0.6) is 5.75 Å². The zero-order valence-electron chi connectivity index (χ0n) is 18.1. The Morgan fingerprint density at radius 1 is 1.19 bits per heavy atom. The minimum Gasteiger partial charge on any atom is -0.494 e. The predicted octanol–water partition coefficient (Wildman–Crippen LogP) is 4.06. The lowest BCUT2D eigenvalue weighted by Gasteiger charge is -2.19. The number of nitrogens with one attached hydrogen (secondary N) is 1. The number of fused-ring (bicyclic) bond motifs is 1. The zero-order chi connectivity index (χ0) is 21.2. The summed E-state index contributed by atoms with van der Waals surface area (Å²) in [5, 5.41) is 1.01. The van der Waals surface area contributed by atoms with E-state index < -0.39 is 0 Å². The minimum absolute atomic E-state index is 0.0568. The van der Waals surface area contributed by atoms with Crippen LogP contribution in [0.4, 0.5) is 0 Å². The summed E-state index contributed by atoms with van der Waals surface area (Å²) in [6, 6.07) is 14.6. The average molecular weight is 419 g/mol. The van der Waals surface area contributed by atoms with Gasteiger partial charge in [0.1, 0.15) is 11.4 Å². The molecule has 1 amide bonds. The molecule has 0 spiro atoms. The van der Waals surface area contributed by atoms with Gasteiger partial charge in [0, 0.05) is 47.8 Å². The summed E-state index contributed by atoms with van der Waals surface area (Å²) in [6.45, 7) is 3.39. The van der Waals surface area contributed by atoms with Gasteiger partial charge in [0.25, 0.3) is 5.91 Å². The number of ether oxygens (including phenoxy) is 1. The Labute approximate surface area is 183 Å². The molecule has 2 aromatic heterocycles. The SMILES string of the molecule is CN1CCCC1CCOc1ccc2[nH]c(C(=O)N3CCC(c4ccccn4)C3)cc2c1. The van der Waals surface area contributed by atoms with Crippen LogP contribution < -0.4 is 4.74 Å². The summed E-state index contributed by atoms with van der Waals surface area (Å²) < 4.78 is 6.01. The number of rotatable bonds is 6. The summed E-state index contributed by atoms with van der Waals surface area (Å²) in [5.41, 5.74) is 2.67. The molecular formula is C25H30N4O2. The van der Waals surface area contributed by atoms with E-state index >= 15 is 0 Å². The number of hydrogen-bond donors (Lipinski definition) is 1. The second-order valence-electron chi connectivity index (χ2n) is 8.84.